The first kappa shape index (κ1) is 29.5. The SMILES string of the molecule is CC12Cc3cnn(-c4ccc(F)cc4)c3C=C1CCC1C2C(O)CC2(C)C1CC[C@]2(O)C(=O)Cn1cc(Cc2ccccc2)nn1. The van der Waals surface area contributed by atoms with Crippen LogP contribution >= 0.6 is 0 Å². The van der Waals surface area contributed by atoms with Crippen LogP contribution in [0.25, 0.3) is 11.8 Å². The summed E-state index contributed by atoms with van der Waals surface area (Å²) in [7, 11) is 0. The molecule has 0 saturated heterocycles. The standard InChI is InChI=1S/C37H40FN5O3/c1-35-18-24-20-39-43(28-11-9-26(38)10-12-28)31(24)17-25(35)8-13-29-30-14-15-37(46,36(30,2)19-32(44)34(29)35)33(45)22-42-21-27(40-41-42)16-23-6-4-3-5-7-23/h3-7,9-12,17,20-21,29-30,32,34,44,46H,8,13-16,18-19,22H2,1-2H3/t29?,30?,32?,34?,35?,36?,37-/m0/s1. The number of carbonyl (C=O) groups excluding carboxylic acids is 1. The summed E-state index contributed by atoms with van der Waals surface area (Å²) in [5.41, 5.74) is 3.64. The molecule has 2 heterocycles. The van der Waals surface area contributed by atoms with Crippen molar-refractivity contribution in [1.29, 1.82) is 0 Å². The van der Waals surface area contributed by atoms with Crippen molar-refractivity contribution in [3.05, 3.63) is 101 Å². The Morgan fingerprint density at radius 1 is 1.09 bits per heavy atom. The van der Waals surface area contributed by atoms with E-state index >= 15 is 0 Å². The first-order valence-electron chi connectivity index (χ1n) is 16.5. The third-order valence-corrected chi connectivity index (χ3v) is 12.2. The van der Waals surface area contributed by atoms with Crippen LogP contribution in [-0.2, 0) is 24.2 Å². The molecule has 0 bridgehead atoms. The summed E-state index contributed by atoms with van der Waals surface area (Å²) in [6.45, 7) is 4.27. The molecule has 3 saturated carbocycles. The van der Waals surface area contributed by atoms with Gasteiger partial charge in [0.2, 0.25) is 0 Å². The number of allylic oxidation sites excluding steroid dienone is 1. The number of halogens is 1. The van der Waals surface area contributed by atoms with Crippen LogP contribution in [0.1, 0.15) is 68.5 Å². The van der Waals surface area contributed by atoms with Crippen LogP contribution < -0.4 is 0 Å². The summed E-state index contributed by atoms with van der Waals surface area (Å²) < 4.78 is 17.0. The van der Waals surface area contributed by atoms with Crippen molar-refractivity contribution in [2.75, 3.05) is 0 Å². The molecular formula is C37H40FN5O3. The highest BCUT2D eigenvalue weighted by Crippen LogP contribution is 2.67. The normalized spacial score (nSPS) is 33.0. The van der Waals surface area contributed by atoms with E-state index in [1.54, 1.807) is 23.0 Å². The second-order valence-electron chi connectivity index (χ2n) is 14.6. The maximum atomic E-state index is 13.9. The smallest absolute Gasteiger partial charge is 0.186 e. The summed E-state index contributed by atoms with van der Waals surface area (Å²) in [5.74, 6) is -0.200. The van der Waals surface area contributed by atoms with Gasteiger partial charge in [-0.2, -0.15) is 5.10 Å². The molecule has 2 aromatic carbocycles. The quantitative estimate of drug-likeness (QED) is 0.301. The molecule has 0 spiro atoms. The van der Waals surface area contributed by atoms with Gasteiger partial charge < -0.3 is 10.2 Å². The number of aromatic nitrogens is 5. The van der Waals surface area contributed by atoms with Crippen molar-refractivity contribution in [3.63, 3.8) is 0 Å². The lowest BCUT2D eigenvalue weighted by Gasteiger charge is -2.60. The maximum Gasteiger partial charge on any atom is 0.186 e. The van der Waals surface area contributed by atoms with Crippen molar-refractivity contribution in [2.45, 2.75) is 77.0 Å². The molecule has 6 unspecified atom stereocenters. The van der Waals surface area contributed by atoms with Crippen LogP contribution in [0, 0.1) is 34.4 Å². The number of hydrogen-bond acceptors (Lipinski definition) is 6. The number of Topliss-reactive ketones (excluding diaryl/α,β-unsaturated/α-hetero) is 1. The number of benzene rings is 2. The Morgan fingerprint density at radius 2 is 1.87 bits per heavy atom. The van der Waals surface area contributed by atoms with E-state index in [9.17, 15) is 19.4 Å². The number of ketones is 1. The first-order valence-corrected chi connectivity index (χ1v) is 16.5. The minimum absolute atomic E-state index is 0.0150. The Kier molecular flexibility index (Phi) is 6.75. The lowest BCUT2D eigenvalue weighted by Crippen LogP contribution is -2.62. The first-order chi connectivity index (χ1) is 22.1. The van der Waals surface area contributed by atoms with E-state index in [1.165, 1.54) is 17.7 Å². The van der Waals surface area contributed by atoms with E-state index in [1.807, 2.05) is 48.1 Å². The zero-order valence-electron chi connectivity index (χ0n) is 26.3. The molecular weight excluding hydrogens is 581 g/mol. The second kappa shape index (κ2) is 10.5. The van der Waals surface area contributed by atoms with Gasteiger partial charge in [-0.1, -0.05) is 55.0 Å². The maximum absolute atomic E-state index is 13.9. The highest BCUT2D eigenvalue weighted by atomic mass is 19.1. The Balaban J connectivity index is 1.03. The molecule has 9 heteroatoms. The van der Waals surface area contributed by atoms with E-state index < -0.39 is 17.1 Å². The molecule has 0 aliphatic heterocycles. The van der Waals surface area contributed by atoms with E-state index in [4.69, 9.17) is 0 Å². The summed E-state index contributed by atoms with van der Waals surface area (Å²) in [5, 5.41) is 37.4. The molecule has 2 aromatic heterocycles. The highest BCUT2D eigenvalue weighted by Gasteiger charge is 2.68. The van der Waals surface area contributed by atoms with Crippen LogP contribution in [-0.4, -0.2) is 52.5 Å². The third kappa shape index (κ3) is 4.38. The number of hydrogen-bond donors (Lipinski definition) is 2. The molecule has 8 nitrogen and oxygen atoms in total. The number of rotatable bonds is 6. The van der Waals surface area contributed by atoms with Gasteiger partial charge in [0.1, 0.15) is 18.0 Å². The molecule has 4 aliphatic carbocycles. The number of aliphatic hydroxyl groups is 2. The largest absolute Gasteiger partial charge is 0.393 e. The van der Waals surface area contributed by atoms with Crippen molar-refractivity contribution in [2.24, 2.45) is 28.6 Å². The molecule has 3 fully saturated rings. The number of aliphatic hydroxyl groups excluding tert-OH is 1. The van der Waals surface area contributed by atoms with Crippen molar-refractivity contribution in [1.82, 2.24) is 24.8 Å². The molecule has 238 valence electrons. The predicted octanol–water partition coefficient (Wildman–Crippen LogP) is 5.35. The molecule has 4 aromatic rings. The molecule has 46 heavy (non-hydrogen) atoms. The Bertz CT molecular complexity index is 1830. The number of nitrogens with zero attached hydrogens (tertiary/aromatic N) is 5. The predicted molar refractivity (Wildman–Crippen MR) is 170 cm³/mol. The number of fused-ring (bicyclic) bond motifs is 6. The summed E-state index contributed by atoms with van der Waals surface area (Å²) in [6.07, 6.45) is 9.98. The fourth-order valence-corrected chi connectivity index (χ4v) is 10.0. The van der Waals surface area contributed by atoms with Gasteiger partial charge >= 0.3 is 0 Å². The minimum atomic E-state index is -1.54. The van der Waals surface area contributed by atoms with Gasteiger partial charge in [0.25, 0.3) is 0 Å². The lowest BCUT2D eigenvalue weighted by atomic mass is 9.45. The van der Waals surface area contributed by atoms with Gasteiger partial charge in [0.15, 0.2) is 5.78 Å². The fraction of sp³-hybridized carbons (Fsp3) is 0.459. The second-order valence-corrected chi connectivity index (χ2v) is 14.6. The van der Waals surface area contributed by atoms with Crippen LogP contribution in [0.3, 0.4) is 0 Å². The molecule has 0 amide bonds. The van der Waals surface area contributed by atoms with Gasteiger partial charge in [-0.05, 0) is 103 Å². The average Bonchev–Trinajstić information content (AvgIpc) is 3.72. The third-order valence-electron chi connectivity index (χ3n) is 12.2. The van der Waals surface area contributed by atoms with Crippen LogP contribution in [0.4, 0.5) is 4.39 Å². The van der Waals surface area contributed by atoms with Gasteiger partial charge in [-0.3, -0.25) is 4.79 Å². The van der Waals surface area contributed by atoms with Gasteiger partial charge in [-0.15, -0.1) is 5.10 Å². The number of carbonyl (C=O) groups is 1. The van der Waals surface area contributed by atoms with Crippen LogP contribution in [0.15, 0.2) is 72.6 Å². The molecule has 8 rings (SSSR count). The van der Waals surface area contributed by atoms with E-state index in [0.717, 1.165) is 53.9 Å². The van der Waals surface area contributed by atoms with Crippen molar-refractivity contribution >= 4 is 11.9 Å². The van der Waals surface area contributed by atoms with E-state index in [0.29, 0.717) is 19.3 Å². The highest BCUT2D eigenvalue weighted by molar-refractivity contribution is 5.88. The Labute approximate surface area is 268 Å². The summed E-state index contributed by atoms with van der Waals surface area (Å²) >= 11 is 0. The average molecular weight is 622 g/mol. The van der Waals surface area contributed by atoms with Crippen LogP contribution in [0.5, 0.6) is 0 Å². The van der Waals surface area contributed by atoms with E-state index in [2.05, 4.69) is 28.4 Å². The van der Waals surface area contributed by atoms with Gasteiger partial charge in [0, 0.05) is 18.0 Å². The van der Waals surface area contributed by atoms with Gasteiger partial charge in [-0.25, -0.2) is 13.8 Å². The fourth-order valence-electron chi connectivity index (χ4n) is 10.0. The molecule has 0 radical (unpaired) electrons. The molecule has 7 atom stereocenters. The van der Waals surface area contributed by atoms with Crippen LogP contribution in [0.2, 0.25) is 0 Å². The minimum Gasteiger partial charge on any atom is -0.393 e. The summed E-state index contributed by atoms with van der Waals surface area (Å²) in [6, 6.07) is 16.4. The zero-order chi connectivity index (χ0) is 31.8. The zero-order valence-corrected chi connectivity index (χ0v) is 26.3. The Morgan fingerprint density at radius 3 is 2.65 bits per heavy atom. The lowest BCUT2D eigenvalue weighted by molar-refractivity contribution is -0.180. The monoisotopic (exact) mass is 621 g/mol. The van der Waals surface area contributed by atoms with Crippen molar-refractivity contribution < 1.29 is 19.4 Å². The Hall–Kier alpha value is -3.95. The molecule has 4 aliphatic rings. The molecule has 2 N–H and O–H groups in total. The van der Waals surface area contributed by atoms with E-state index in [-0.39, 0.29) is 41.3 Å². The topological polar surface area (TPSA) is 106 Å². The van der Waals surface area contributed by atoms with Gasteiger partial charge in [0.05, 0.1) is 29.4 Å². The summed E-state index contributed by atoms with van der Waals surface area (Å²) in [4.78, 5) is 13.9. The van der Waals surface area contributed by atoms with Crippen molar-refractivity contribution in [3.8, 4) is 5.69 Å².